The van der Waals surface area contributed by atoms with Crippen molar-refractivity contribution < 1.29 is 9.90 Å². The molecule has 0 spiro atoms. The van der Waals surface area contributed by atoms with Crippen LogP contribution in [0.2, 0.25) is 0 Å². The average Bonchev–Trinajstić information content (AvgIpc) is 2.23. The Morgan fingerprint density at radius 3 is 2.81 bits per heavy atom. The molecule has 2 aliphatic heterocycles. The largest absolute Gasteiger partial charge is 0.481 e. The summed E-state index contributed by atoms with van der Waals surface area (Å²) in [5.74, 6) is 2.96. The molecule has 0 bridgehead atoms. The molecule has 2 saturated heterocycles. The predicted molar refractivity (Wildman–Crippen MR) is 69.4 cm³/mol. The molecule has 3 N–H and O–H groups in total. The topological polar surface area (TPSA) is 61.4 Å². The molecule has 2 aliphatic rings. The van der Waals surface area contributed by atoms with Gasteiger partial charge >= 0.3 is 5.97 Å². The Kier molecular flexibility index (Phi) is 4.41. The average molecular weight is 262 g/mol. The first kappa shape index (κ1) is 12.5. The van der Waals surface area contributed by atoms with Crippen molar-refractivity contribution in [2.45, 2.75) is 17.2 Å². The molecule has 0 aromatic heterocycles. The summed E-state index contributed by atoms with van der Waals surface area (Å²) in [5, 5.41) is 16.1. The van der Waals surface area contributed by atoms with Gasteiger partial charge in [-0.2, -0.15) is 23.5 Å². The summed E-state index contributed by atoms with van der Waals surface area (Å²) in [5.41, 5.74) is -0.186. The zero-order valence-corrected chi connectivity index (χ0v) is 10.8. The Morgan fingerprint density at radius 2 is 2.31 bits per heavy atom. The number of thioether (sulfide) groups is 2. The molecule has 0 aliphatic carbocycles. The van der Waals surface area contributed by atoms with E-state index in [0.29, 0.717) is 5.25 Å². The van der Waals surface area contributed by atoms with E-state index < -0.39 is 5.97 Å². The van der Waals surface area contributed by atoms with Crippen LogP contribution in [0.3, 0.4) is 0 Å². The standard InChI is InChI=1S/C10H18N2O2S2/c13-9(14)3-10(6-11-7-10)12-4-8-5-15-1-2-16-8/h8,11-12H,1-7H2,(H,13,14). The molecule has 92 valence electrons. The molecule has 16 heavy (non-hydrogen) atoms. The minimum atomic E-state index is -0.709. The summed E-state index contributed by atoms with van der Waals surface area (Å²) in [6.45, 7) is 2.50. The van der Waals surface area contributed by atoms with Gasteiger partial charge < -0.3 is 15.7 Å². The highest BCUT2D eigenvalue weighted by Crippen LogP contribution is 2.24. The molecule has 4 nitrogen and oxygen atoms in total. The zero-order valence-electron chi connectivity index (χ0n) is 9.20. The molecule has 2 heterocycles. The van der Waals surface area contributed by atoms with Crippen molar-refractivity contribution in [2.24, 2.45) is 0 Å². The van der Waals surface area contributed by atoms with E-state index in [2.05, 4.69) is 10.6 Å². The number of hydrogen-bond acceptors (Lipinski definition) is 5. The summed E-state index contributed by atoms with van der Waals surface area (Å²) in [4.78, 5) is 10.8. The van der Waals surface area contributed by atoms with Crippen LogP contribution in [0.25, 0.3) is 0 Å². The van der Waals surface area contributed by atoms with E-state index in [1.54, 1.807) is 0 Å². The molecule has 0 saturated carbocycles. The van der Waals surface area contributed by atoms with Gasteiger partial charge in [-0.25, -0.2) is 0 Å². The number of rotatable bonds is 5. The third kappa shape index (κ3) is 3.29. The smallest absolute Gasteiger partial charge is 0.305 e. The van der Waals surface area contributed by atoms with E-state index in [-0.39, 0.29) is 12.0 Å². The number of nitrogens with one attached hydrogen (secondary N) is 2. The molecule has 2 fully saturated rings. The second-order valence-electron chi connectivity index (χ2n) is 4.40. The Hall–Kier alpha value is 0.0900. The summed E-state index contributed by atoms with van der Waals surface area (Å²) in [6.07, 6.45) is 0.227. The third-order valence-electron chi connectivity index (χ3n) is 3.01. The van der Waals surface area contributed by atoms with Gasteiger partial charge in [0.05, 0.1) is 12.0 Å². The van der Waals surface area contributed by atoms with Gasteiger partial charge in [0.1, 0.15) is 0 Å². The lowest BCUT2D eigenvalue weighted by Crippen LogP contribution is -2.69. The van der Waals surface area contributed by atoms with Crippen molar-refractivity contribution in [3.05, 3.63) is 0 Å². The van der Waals surface area contributed by atoms with Crippen LogP contribution in [0.5, 0.6) is 0 Å². The number of carboxylic acids is 1. The fourth-order valence-electron chi connectivity index (χ4n) is 2.01. The number of carbonyl (C=O) groups is 1. The fraction of sp³-hybridized carbons (Fsp3) is 0.900. The van der Waals surface area contributed by atoms with Gasteiger partial charge in [-0.3, -0.25) is 4.79 Å². The highest BCUT2D eigenvalue weighted by Gasteiger charge is 2.39. The third-order valence-corrected chi connectivity index (χ3v) is 5.85. The van der Waals surface area contributed by atoms with Gasteiger partial charge in [0.25, 0.3) is 0 Å². The van der Waals surface area contributed by atoms with Crippen molar-refractivity contribution in [3.63, 3.8) is 0 Å². The molecule has 0 aromatic carbocycles. The van der Waals surface area contributed by atoms with E-state index in [0.717, 1.165) is 19.6 Å². The van der Waals surface area contributed by atoms with Crippen LogP contribution >= 0.6 is 23.5 Å². The second-order valence-corrected chi connectivity index (χ2v) is 6.96. The first-order valence-corrected chi connectivity index (χ1v) is 7.77. The van der Waals surface area contributed by atoms with Crippen LogP contribution in [0, 0.1) is 0 Å². The van der Waals surface area contributed by atoms with Crippen LogP contribution in [0.1, 0.15) is 6.42 Å². The van der Waals surface area contributed by atoms with E-state index in [1.165, 1.54) is 17.3 Å². The maximum absolute atomic E-state index is 10.8. The van der Waals surface area contributed by atoms with Crippen molar-refractivity contribution >= 4 is 29.5 Å². The van der Waals surface area contributed by atoms with Gasteiger partial charge in [0, 0.05) is 42.1 Å². The lowest BCUT2D eigenvalue weighted by molar-refractivity contribution is -0.139. The van der Waals surface area contributed by atoms with Crippen molar-refractivity contribution in [1.29, 1.82) is 0 Å². The van der Waals surface area contributed by atoms with Gasteiger partial charge in [-0.1, -0.05) is 0 Å². The number of hydrogen-bond donors (Lipinski definition) is 3. The molecular formula is C10H18N2O2S2. The van der Waals surface area contributed by atoms with E-state index >= 15 is 0 Å². The quantitative estimate of drug-likeness (QED) is 0.660. The minimum absolute atomic E-state index is 0.186. The van der Waals surface area contributed by atoms with Crippen molar-refractivity contribution in [3.8, 4) is 0 Å². The highest BCUT2D eigenvalue weighted by molar-refractivity contribution is 8.06. The van der Waals surface area contributed by atoms with Crippen LogP contribution in [0.15, 0.2) is 0 Å². The van der Waals surface area contributed by atoms with E-state index in [9.17, 15) is 4.79 Å². The lowest BCUT2D eigenvalue weighted by atomic mass is 9.88. The van der Waals surface area contributed by atoms with Crippen LogP contribution in [0.4, 0.5) is 0 Å². The number of carboxylic acid groups (broad SMARTS) is 1. The van der Waals surface area contributed by atoms with Gasteiger partial charge in [0.15, 0.2) is 0 Å². The van der Waals surface area contributed by atoms with Gasteiger partial charge in [-0.05, 0) is 0 Å². The maximum atomic E-state index is 10.8. The van der Waals surface area contributed by atoms with Gasteiger partial charge in [-0.15, -0.1) is 0 Å². The Morgan fingerprint density at radius 1 is 1.50 bits per heavy atom. The predicted octanol–water partition coefficient (Wildman–Crippen LogP) is 0.241. The SMILES string of the molecule is O=C(O)CC1(NCC2CSCCS2)CNC1. The number of aliphatic carboxylic acids is 1. The Labute approximate surface area is 104 Å². The summed E-state index contributed by atoms with van der Waals surface area (Å²) in [6, 6.07) is 0. The fourth-order valence-corrected chi connectivity index (χ4v) is 4.63. The Balaban J connectivity index is 1.75. The minimum Gasteiger partial charge on any atom is -0.481 e. The molecule has 0 radical (unpaired) electrons. The lowest BCUT2D eigenvalue weighted by Gasteiger charge is -2.43. The monoisotopic (exact) mass is 262 g/mol. The molecule has 1 unspecified atom stereocenters. The molecule has 0 amide bonds. The Bertz CT molecular complexity index is 253. The molecular weight excluding hydrogens is 244 g/mol. The van der Waals surface area contributed by atoms with Crippen LogP contribution < -0.4 is 10.6 Å². The normalized spacial score (nSPS) is 28.4. The molecule has 6 heteroatoms. The van der Waals surface area contributed by atoms with Crippen LogP contribution in [-0.2, 0) is 4.79 Å². The van der Waals surface area contributed by atoms with Crippen molar-refractivity contribution in [1.82, 2.24) is 10.6 Å². The van der Waals surface area contributed by atoms with E-state index in [4.69, 9.17) is 5.11 Å². The van der Waals surface area contributed by atoms with Crippen molar-refractivity contribution in [2.75, 3.05) is 36.9 Å². The summed E-state index contributed by atoms with van der Waals surface area (Å²) >= 11 is 4.01. The molecule has 1 atom stereocenters. The highest BCUT2D eigenvalue weighted by atomic mass is 32.2. The zero-order chi connectivity index (χ0) is 11.4. The molecule has 0 aromatic rings. The summed E-state index contributed by atoms with van der Waals surface area (Å²) in [7, 11) is 0. The summed E-state index contributed by atoms with van der Waals surface area (Å²) < 4.78 is 0. The van der Waals surface area contributed by atoms with Gasteiger partial charge in [0.2, 0.25) is 0 Å². The van der Waals surface area contributed by atoms with Crippen LogP contribution in [-0.4, -0.2) is 58.8 Å². The van der Waals surface area contributed by atoms with E-state index in [1.807, 2.05) is 23.5 Å². The first-order chi connectivity index (χ1) is 7.70. The molecule has 2 rings (SSSR count). The maximum Gasteiger partial charge on any atom is 0.305 e. The first-order valence-electron chi connectivity index (χ1n) is 5.57. The second kappa shape index (κ2) is 5.62.